The van der Waals surface area contributed by atoms with E-state index in [9.17, 15) is 4.79 Å². The van der Waals surface area contributed by atoms with Gasteiger partial charge in [0.2, 0.25) is 0 Å². The SMILES string of the molecule is Cc1ccc([O][Ti])c(-c2c(OC(=O)C(C)(C)C)ccc(C)c2C)c1C.Cl. The Balaban J connectivity index is 0.00000338. The number of halogens is 1. The number of hydrogen-bond acceptors (Lipinski definition) is 3. The average molecular weight is 410 g/mol. The van der Waals surface area contributed by atoms with Gasteiger partial charge in [0, 0.05) is 0 Å². The molecule has 0 aliphatic heterocycles. The summed E-state index contributed by atoms with van der Waals surface area (Å²) in [4.78, 5) is 12.5. The third-order valence-electron chi connectivity index (χ3n) is 4.57. The molecule has 0 spiro atoms. The van der Waals surface area contributed by atoms with Crippen molar-refractivity contribution in [1.29, 1.82) is 0 Å². The Morgan fingerprint density at radius 2 is 1.27 bits per heavy atom. The Labute approximate surface area is 174 Å². The van der Waals surface area contributed by atoms with E-state index in [2.05, 4.69) is 27.7 Å². The summed E-state index contributed by atoms with van der Waals surface area (Å²) in [6.07, 6.45) is 0. The van der Waals surface area contributed by atoms with E-state index in [1.807, 2.05) is 45.0 Å². The number of aryl methyl sites for hydroxylation is 2. The summed E-state index contributed by atoms with van der Waals surface area (Å²) < 4.78 is 11.4. The van der Waals surface area contributed by atoms with E-state index < -0.39 is 5.41 Å². The second-order valence-electron chi connectivity index (χ2n) is 7.50. The van der Waals surface area contributed by atoms with Crippen molar-refractivity contribution in [3.05, 3.63) is 46.5 Å². The quantitative estimate of drug-likeness (QED) is 0.365. The smallest absolute Gasteiger partial charge is 0.147 e. The van der Waals surface area contributed by atoms with E-state index in [1.165, 1.54) is 5.56 Å². The van der Waals surface area contributed by atoms with Crippen LogP contribution in [0.15, 0.2) is 24.3 Å². The molecule has 139 valence electrons. The number of benzene rings is 2. The molecule has 2 aromatic carbocycles. The first-order valence-corrected chi connectivity index (χ1v) is 8.98. The van der Waals surface area contributed by atoms with E-state index in [-0.39, 0.29) is 18.4 Å². The van der Waals surface area contributed by atoms with Gasteiger partial charge in [0.05, 0.1) is 0 Å². The van der Waals surface area contributed by atoms with Crippen LogP contribution in [-0.4, -0.2) is 5.97 Å². The van der Waals surface area contributed by atoms with Crippen LogP contribution in [0.4, 0.5) is 0 Å². The van der Waals surface area contributed by atoms with Gasteiger partial charge in [-0.2, -0.15) is 0 Å². The Morgan fingerprint density at radius 1 is 0.846 bits per heavy atom. The van der Waals surface area contributed by atoms with Crippen LogP contribution in [0.5, 0.6) is 11.5 Å². The van der Waals surface area contributed by atoms with Crippen LogP contribution in [0.1, 0.15) is 43.0 Å². The Bertz CT molecular complexity index is 823. The summed E-state index contributed by atoms with van der Waals surface area (Å²) in [5, 5.41) is 0. The summed E-state index contributed by atoms with van der Waals surface area (Å²) in [7, 11) is 0. The predicted molar refractivity (Wildman–Crippen MR) is 104 cm³/mol. The molecule has 0 saturated carbocycles. The van der Waals surface area contributed by atoms with Crippen LogP contribution in [0.3, 0.4) is 0 Å². The molecular weight excluding hydrogens is 384 g/mol. The molecule has 0 saturated heterocycles. The molecule has 2 aromatic rings. The number of ether oxygens (including phenoxy) is 1. The minimum Gasteiger partial charge on any atom is -0.147 e. The third kappa shape index (κ3) is 4.51. The molecule has 26 heavy (non-hydrogen) atoms. The van der Waals surface area contributed by atoms with Gasteiger partial charge in [0.1, 0.15) is 0 Å². The second kappa shape index (κ2) is 8.60. The first kappa shape index (κ1) is 22.8. The molecule has 0 unspecified atom stereocenters. The molecule has 0 fully saturated rings. The number of carbonyl (C=O) groups is 1. The molecule has 0 aliphatic rings. The minimum absolute atomic E-state index is 0. The Morgan fingerprint density at radius 3 is 1.69 bits per heavy atom. The van der Waals surface area contributed by atoms with Crippen LogP contribution in [-0.2, 0) is 25.6 Å². The molecule has 2 rings (SSSR count). The molecule has 0 bridgehead atoms. The molecule has 0 radical (unpaired) electrons. The van der Waals surface area contributed by atoms with Crippen LogP contribution in [0.2, 0.25) is 0 Å². The molecule has 0 heterocycles. The van der Waals surface area contributed by atoms with Crippen molar-refractivity contribution in [2.75, 3.05) is 0 Å². The number of esters is 1. The summed E-state index contributed by atoms with van der Waals surface area (Å²) in [5.41, 5.74) is 5.88. The van der Waals surface area contributed by atoms with E-state index in [0.29, 0.717) is 5.75 Å². The molecule has 0 atom stereocenters. The molecule has 0 aromatic heterocycles. The van der Waals surface area contributed by atoms with E-state index in [1.54, 1.807) is 20.8 Å². The normalized spacial score (nSPS) is 10.8. The maximum atomic E-state index is 12.5. The van der Waals surface area contributed by atoms with Crippen LogP contribution < -0.4 is 8.06 Å². The van der Waals surface area contributed by atoms with Gasteiger partial charge < -0.3 is 0 Å². The van der Waals surface area contributed by atoms with Gasteiger partial charge in [-0.25, -0.2) is 0 Å². The molecule has 0 aliphatic carbocycles. The molecular formula is C21H26ClO3Ti. The second-order valence-corrected chi connectivity index (χ2v) is 7.82. The maximum Gasteiger partial charge on any atom is -0.147 e. The average Bonchev–Trinajstić information content (AvgIpc) is 2.53. The van der Waals surface area contributed by atoms with Crippen molar-refractivity contribution < 1.29 is 33.7 Å². The number of hydrogen-bond donors (Lipinski definition) is 0. The fourth-order valence-electron chi connectivity index (χ4n) is 2.63. The standard InChI is InChI=1S/C21H26O3.ClH.Ti/c1-12-8-10-16(22)18(14(12)3)19-15(4)13(2)9-11-17(19)24-20(23)21(5,6)7;;/h8-11,22H,1-7H3;1H;/q;;+1/p-1. The van der Waals surface area contributed by atoms with Crippen LogP contribution in [0.25, 0.3) is 11.1 Å². The van der Waals surface area contributed by atoms with Crippen molar-refractivity contribution in [3.8, 4) is 22.6 Å². The summed E-state index contributed by atoms with van der Waals surface area (Å²) in [6, 6.07) is 7.88. The van der Waals surface area contributed by atoms with E-state index in [4.69, 9.17) is 8.06 Å². The van der Waals surface area contributed by atoms with E-state index in [0.717, 1.165) is 33.6 Å². The van der Waals surface area contributed by atoms with Gasteiger partial charge in [-0.05, 0) is 0 Å². The van der Waals surface area contributed by atoms with Crippen molar-refractivity contribution >= 4 is 18.4 Å². The van der Waals surface area contributed by atoms with Gasteiger partial charge in [-0.3, -0.25) is 0 Å². The zero-order valence-electron chi connectivity index (χ0n) is 16.4. The first-order valence-electron chi connectivity index (χ1n) is 8.34. The van der Waals surface area contributed by atoms with E-state index >= 15 is 0 Å². The largest absolute Gasteiger partial charge is 0.147 e. The van der Waals surface area contributed by atoms with Gasteiger partial charge in [-0.1, -0.05) is 0 Å². The summed E-state index contributed by atoms with van der Waals surface area (Å²) in [5.74, 6) is 1.11. The van der Waals surface area contributed by atoms with Gasteiger partial charge in [-0.15, -0.1) is 12.4 Å². The Hall–Kier alpha value is -1.29. The van der Waals surface area contributed by atoms with Gasteiger partial charge in [0.25, 0.3) is 0 Å². The number of carbonyl (C=O) groups excluding carboxylic acids is 1. The van der Waals surface area contributed by atoms with Crippen LogP contribution >= 0.6 is 12.4 Å². The summed E-state index contributed by atoms with van der Waals surface area (Å²) >= 11 is 1.67. The molecule has 3 nitrogen and oxygen atoms in total. The first-order chi connectivity index (χ1) is 11.6. The fourth-order valence-corrected chi connectivity index (χ4v) is 2.89. The van der Waals surface area contributed by atoms with Gasteiger partial charge >= 0.3 is 163 Å². The molecule has 5 heteroatoms. The molecule has 0 N–H and O–H groups in total. The van der Waals surface area contributed by atoms with Crippen LogP contribution in [0, 0.1) is 33.1 Å². The van der Waals surface area contributed by atoms with Gasteiger partial charge in [0.15, 0.2) is 0 Å². The maximum absolute atomic E-state index is 12.5. The van der Waals surface area contributed by atoms with Crippen molar-refractivity contribution in [2.45, 2.75) is 48.5 Å². The predicted octanol–water partition coefficient (Wildman–Crippen LogP) is 5.80. The topological polar surface area (TPSA) is 35.5 Å². The molecule has 0 amide bonds. The van der Waals surface area contributed by atoms with Crippen molar-refractivity contribution in [3.63, 3.8) is 0 Å². The zero-order chi connectivity index (χ0) is 18.9. The van der Waals surface area contributed by atoms with Crippen molar-refractivity contribution in [2.24, 2.45) is 5.41 Å². The monoisotopic (exact) mass is 409 g/mol. The fraction of sp³-hybridized carbons (Fsp3) is 0.381. The zero-order valence-corrected chi connectivity index (χ0v) is 18.8. The summed E-state index contributed by atoms with van der Waals surface area (Å²) in [6.45, 7) is 13.8. The third-order valence-corrected chi connectivity index (χ3v) is 4.91. The Kier molecular flexibility index (Phi) is 7.53. The number of rotatable bonds is 3. The minimum atomic E-state index is -0.568. The van der Waals surface area contributed by atoms with Crippen molar-refractivity contribution in [1.82, 2.24) is 0 Å².